The molecule has 1 aliphatic heterocycles. The molecule has 1 saturated carbocycles. The van der Waals surface area contributed by atoms with E-state index in [1.54, 1.807) is 4.90 Å². The van der Waals surface area contributed by atoms with E-state index in [1.165, 1.54) is 32.4 Å². The molecule has 1 aliphatic carbocycles. The second-order valence-electron chi connectivity index (χ2n) is 11.5. The molecule has 0 aromatic carbocycles. The van der Waals surface area contributed by atoms with Gasteiger partial charge in [0.2, 0.25) is 17.7 Å². The Bertz CT molecular complexity index is 1030. The van der Waals surface area contributed by atoms with Gasteiger partial charge in [0.05, 0.1) is 18.2 Å². The third kappa shape index (κ3) is 7.35. The Labute approximate surface area is 223 Å². The summed E-state index contributed by atoms with van der Waals surface area (Å²) in [5.74, 6) is -2.24. The van der Waals surface area contributed by atoms with Crippen molar-refractivity contribution >= 4 is 29.4 Å². The summed E-state index contributed by atoms with van der Waals surface area (Å²) in [7, 11) is 0. The maximum absolute atomic E-state index is 13.7. The second kappa shape index (κ2) is 12.4. The average Bonchev–Trinajstić information content (AvgIpc) is 3.30. The van der Waals surface area contributed by atoms with E-state index >= 15 is 0 Å². The summed E-state index contributed by atoms with van der Waals surface area (Å²) in [5.41, 5.74) is -0.561. The maximum Gasteiger partial charge on any atom is 0.272 e. The number of carbonyl (C=O) groups excluding carboxylic acids is 5. The van der Waals surface area contributed by atoms with Crippen LogP contribution in [0, 0.1) is 17.3 Å². The molecule has 2 heterocycles. The highest BCUT2D eigenvalue weighted by Crippen LogP contribution is 2.28. The van der Waals surface area contributed by atoms with Crippen LogP contribution in [0.3, 0.4) is 0 Å². The maximum atomic E-state index is 13.7. The fraction of sp³-hybridized carbons (Fsp3) is 0.667. The lowest BCUT2D eigenvalue weighted by atomic mass is 9.82. The Hall–Kier alpha value is -3.37. The Kier molecular flexibility index (Phi) is 9.56. The highest BCUT2D eigenvalue weighted by Gasteiger charge is 2.42. The molecule has 38 heavy (non-hydrogen) atoms. The highest BCUT2D eigenvalue weighted by molar-refractivity contribution is 5.97. The molecule has 0 radical (unpaired) electrons. The zero-order chi connectivity index (χ0) is 28.0. The van der Waals surface area contributed by atoms with Crippen LogP contribution in [0.5, 0.6) is 0 Å². The van der Waals surface area contributed by atoms with Gasteiger partial charge in [0.1, 0.15) is 23.6 Å². The molecule has 1 unspecified atom stereocenters. The number of aromatic nitrogens is 2. The van der Waals surface area contributed by atoms with Crippen LogP contribution < -0.4 is 16.0 Å². The van der Waals surface area contributed by atoms with Crippen LogP contribution in [-0.4, -0.2) is 75.5 Å². The van der Waals surface area contributed by atoms with Crippen molar-refractivity contribution in [3.63, 3.8) is 0 Å². The van der Waals surface area contributed by atoms with Crippen molar-refractivity contribution in [1.82, 2.24) is 30.8 Å². The van der Waals surface area contributed by atoms with E-state index in [0.29, 0.717) is 0 Å². The molecule has 1 saturated heterocycles. The van der Waals surface area contributed by atoms with Crippen LogP contribution in [0.4, 0.5) is 0 Å². The van der Waals surface area contributed by atoms with E-state index in [2.05, 4.69) is 25.9 Å². The molecule has 2 fully saturated rings. The third-order valence-electron chi connectivity index (χ3n) is 7.52. The molecule has 0 bridgehead atoms. The largest absolute Gasteiger partial charge is 0.349 e. The number of hydrogen-bond acceptors (Lipinski definition) is 7. The van der Waals surface area contributed by atoms with Crippen LogP contribution in [0.2, 0.25) is 0 Å². The minimum Gasteiger partial charge on any atom is -0.349 e. The Balaban J connectivity index is 1.78. The van der Waals surface area contributed by atoms with Gasteiger partial charge >= 0.3 is 0 Å². The molecule has 0 spiro atoms. The van der Waals surface area contributed by atoms with Crippen LogP contribution in [0.1, 0.15) is 77.2 Å². The van der Waals surface area contributed by atoms with Gasteiger partial charge in [0, 0.05) is 32.4 Å². The van der Waals surface area contributed by atoms with Gasteiger partial charge in [-0.2, -0.15) is 0 Å². The van der Waals surface area contributed by atoms with Gasteiger partial charge in [-0.1, -0.05) is 40.0 Å². The van der Waals surface area contributed by atoms with Gasteiger partial charge in [-0.25, -0.2) is 4.98 Å². The van der Waals surface area contributed by atoms with E-state index in [0.717, 1.165) is 32.1 Å². The SMILES string of the molecule is CC(=O)[C@@H]1CN(C(C)=O)C[C@@H]1NC(=O)C(NC(=O)[C@@H](NC(=O)c1cnccn1)C1CCCCC1)C(C)(C)C. The summed E-state index contributed by atoms with van der Waals surface area (Å²) in [4.78, 5) is 73.7. The van der Waals surface area contributed by atoms with Crippen LogP contribution in [0.15, 0.2) is 18.6 Å². The third-order valence-corrected chi connectivity index (χ3v) is 7.52. The van der Waals surface area contributed by atoms with E-state index in [4.69, 9.17) is 0 Å². The quantitative estimate of drug-likeness (QED) is 0.459. The number of Topliss-reactive ketones (excluding diaryl/α,β-unsaturated/α-hetero) is 1. The normalized spacial score (nSPS) is 21.8. The minimum absolute atomic E-state index is 0.0749. The van der Waals surface area contributed by atoms with Gasteiger partial charge in [0.25, 0.3) is 5.91 Å². The molecule has 11 nitrogen and oxygen atoms in total. The lowest BCUT2D eigenvalue weighted by Crippen LogP contribution is -2.61. The van der Waals surface area contributed by atoms with Crippen LogP contribution in [-0.2, 0) is 19.2 Å². The summed E-state index contributed by atoms with van der Waals surface area (Å²) in [6.45, 7) is 8.87. The molecule has 4 atom stereocenters. The number of rotatable bonds is 8. The molecule has 2 aliphatic rings. The number of amides is 4. The van der Waals surface area contributed by atoms with E-state index in [9.17, 15) is 24.0 Å². The first kappa shape index (κ1) is 29.2. The molecular formula is C27H40N6O5. The Morgan fingerprint density at radius 2 is 1.63 bits per heavy atom. The van der Waals surface area contributed by atoms with Gasteiger partial charge in [0.15, 0.2) is 0 Å². The molecular weight excluding hydrogens is 488 g/mol. The average molecular weight is 529 g/mol. The number of nitrogens with zero attached hydrogens (tertiary/aromatic N) is 3. The highest BCUT2D eigenvalue weighted by atomic mass is 16.2. The van der Waals surface area contributed by atoms with E-state index < -0.39 is 47.2 Å². The van der Waals surface area contributed by atoms with Crippen molar-refractivity contribution in [3.05, 3.63) is 24.3 Å². The molecule has 11 heteroatoms. The minimum atomic E-state index is -0.937. The summed E-state index contributed by atoms with van der Waals surface area (Å²) >= 11 is 0. The van der Waals surface area contributed by atoms with Crippen molar-refractivity contribution < 1.29 is 24.0 Å². The predicted octanol–water partition coefficient (Wildman–Crippen LogP) is 1.24. The number of carbonyl (C=O) groups is 5. The molecule has 3 N–H and O–H groups in total. The van der Waals surface area contributed by atoms with Crippen molar-refractivity contribution in [3.8, 4) is 0 Å². The summed E-state index contributed by atoms with van der Waals surface area (Å²) in [5, 5.41) is 8.65. The predicted molar refractivity (Wildman–Crippen MR) is 140 cm³/mol. The Morgan fingerprint density at radius 3 is 2.18 bits per heavy atom. The van der Waals surface area contributed by atoms with Crippen LogP contribution >= 0.6 is 0 Å². The summed E-state index contributed by atoms with van der Waals surface area (Å²) in [6.07, 6.45) is 8.78. The van der Waals surface area contributed by atoms with Gasteiger partial charge in [-0.3, -0.25) is 29.0 Å². The van der Waals surface area contributed by atoms with Crippen molar-refractivity contribution in [2.45, 2.75) is 84.8 Å². The molecule has 3 rings (SSSR count). The zero-order valence-electron chi connectivity index (χ0n) is 23.0. The number of ketones is 1. The van der Waals surface area contributed by atoms with Gasteiger partial charge in [-0.15, -0.1) is 0 Å². The smallest absolute Gasteiger partial charge is 0.272 e. The van der Waals surface area contributed by atoms with Crippen molar-refractivity contribution in [2.75, 3.05) is 13.1 Å². The lowest BCUT2D eigenvalue weighted by Gasteiger charge is -2.35. The number of nitrogens with one attached hydrogen (secondary N) is 3. The first-order valence-corrected chi connectivity index (χ1v) is 13.3. The molecule has 208 valence electrons. The molecule has 1 aromatic heterocycles. The summed E-state index contributed by atoms with van der Waals surface area (Å²) < 4.78 is 0. The fourth-order valence-corrected chi connectivity index (χ4v) is 5.29. The molecule has 1 aromatic rings. The second-order valence-corrected chi connectivity index (χ2v) is 11.5. The van der Waals surface area contributed by atoms with E-state index in [1.807, 2.05) is 20.8 Å². The van der Waals surface area contributed by atoms with Crippen molar-refractivity contribution in [2.24, 2.45) is 17.3 Å². The monoisotopic (exact) mass is 528 g/mol. The Morgan fingerprint density at radius 1 is 0.947 bits per heavy atom. The van der Waals surface area contributed by atoms with Crippen molar-refractivity contribution in [1.29, 1.82) is 0 Å². The zero-order valence-corrected chi connectivity index (χ0v) is 23.0. The van der Waals surface area contributed by atoms with Gasteiger partial charge < -0.3 is 20.9 Å². The summed E-state index contributed by atoms with van der Waals surface area (Å²) in [6, 6.07) is -2.32. The number of hydrogen-bond donors (Lipinski definition) is 3. The number of likely N-dealkylation sites (tertiary alicyclic amines) is 1. The standard InChI is InChI=1S/C27H40N6O5/c1-16(34)19-14-33(17(2)35)15-21(19)30-26(38)23(27(3,4)5)32-25(37)22(18-9-7-6-8-10-18)31-24(36)20-13-28-11-12-29-20/h11-13,18-19,21-23H,6-10,14-15H2,1-5H3,(H,30,38)(H,31,36)(H,32,37)/t19-,21-,22-,23?/m0/s1. The molecule has 4 amide bonds. The van der Waals surface area contributed by atoms with E-state index in [-0.39, 0.29) is 36.4 Å². The first-order valence-electron chi connectivity index (χ1n) is 13.3. The van der Waals surface area contributed by atoms with Gasteiger partial charge in [-0.05, 0) is 31.1 Å². The van der Waals surface area contributed by atoms with Crippen LogP contribution in [0.25, 0.3) is 0 Å². The first-order chi connectivity index (χ1) is 17.9. The lowest BCUT2D eigenvalue weighted by molar-refractivity contribution is -0.134. The topological polar surface area (TPSA) is 150 Å². The fourth-order valence-electron chi connectivity index (χ4n) is 5.29.